The van der Waals surface area contributed by atoms with Crippen LogP contribution in [0.1, 0.15) is 30.7 Å². The highest BCUT2D eigenvalue weighted by Gasteiger charge is 2.45. The van der Waals surface area contributed by atoms with Crippen LogP contribution in [0.2, 0.25) is 0 Å². The van der Waals surface area contributed by atoms with Gasteiger partial charge in [0.2, 0.25) is 17.5 Å². The summed E-state index contributed by atoms with van der Waals surface area (Å²) in [6.07, 6.45) is 1.58. The number of rotatable bonds is 2. The van der Waals surface area contributed by atoms with Crippen molar-refractivity contribution >= 4 is 22.6 Å². The summed E-state index contributed by atoms with van der Waals surface area (Å²) in [4.78, 5) is 12.2. The van der Waals surface area contributed by atoms with Crippen LogP contribution >= 0.6 is 0 Å². The summed E-state index contributed by atoms with van der Waals surface area (Å²) in [5.41, 5.74) is 0.603. The van der Waals surface area contributed by atoms with Gasteiger partial charge in [0.1, 0.15) is 5.76 Å². The van der Waals surface area contributed by atoms with Crippen LogP contribution in [0.3, 0.4) is 0 Å². The van der Waals surface area contributed by atoms with Crippen LogP contribution in [-0.4, -0.2) is 16.8 Å². The number of hydrogen-bond acceptors (Lipinski definition) is 4. The van der Waals surface area contributed by atoms with Crippen LogP contribution in [0.15, 0.2) is 64.3 Å². The van der Waals surface area contributed by atoms with Crippen LogP contribution in [-0.2, 0) is 15.3 Å². The zero-order valence-electron chi connectivity index (χ0n) is 14.3. The van der Waals surface area contributed by atoms with Crippen LogP contribution in [0.5, 0.6) is 0 Å². The highest BCUT2D eigenvalue weighted by Crippen LogP contribution is 2.38. The lowest BCUT2D eigenvalue weighted by Gasteiger charge is -2.31. The fraction of sp³-hybridized carbons (Fsp3) is 0.200. The van der Waals surface area contributed by atoms with E-state index in [2.05, 4.69) is 11.2 Å². The Bertz CT molecular complexity index is 1000. The van der Waals surface area contributed by atoms with Crippen molar-refractivity contribution in [3.63, 3.8) is 0 Å². The number of carbonyl (C=O) groups excluding carboxylic acids is 1. The molecule has 1 aliphatic rings. The molecule has 5 heteroatoms. The zero-order valence-corrected chi connectivity index (χ0v) is 14.3. The van der Waals surface area contributed by atoms with Gasteiger partial charge in [0.25, 0.3) is 0 Å². The number of benzene rings is 2. The minimum absolute atomic E-state index is 0.188. The van der Waals surface area contributed by atoms with Gasteiger partial charge < -0.3 is 9.15 Å². The minimum atomic E-state index is -1.01. The van der Waals surface area contributed by atoms with E-state index in [4.69, 9.17) is 9.15 Å². The Morgan fingerprint density at radius 1 is 1.12 bits per heavy atom. The summed E-state index contributed by atoms with van der Waals surface area (Å²) in [5.74, 6) is 0.897. The van der Waals surface area contributed by atoms with Crippen molar-refractivity contribution in [2.45, 2.75) is 26.5 Å². The molecule has 1 amide bonds. The third kappa shape index (κ3) is 2.39. The Morgan fingerprint density at radius 3 is 2.56 bits per heavy atom. The molecule has 2 heterocycles. The number of carbonyl (C=O) groups is 1. The topological polar surface area (TPSA) is 55.0 Å². The average Bonchev–Trinajstić information content (AvgIpc) is 3.18. The molecule has 1 aromatic heterocycles. The van der Waals surface area contributed by atoms with Gasteiger partial charge in [-0.3, -0.25) is 4.79 Å². The van der Waals surface area contributed by atoms with Gasteiger partial charge >= 0.3 is 0 Å². The first kappa shape index (κ1) is 15.4. The molecule has 2 aromatic carbocycles. The van der Waals surface area contributed by atoms with E-state index in [1.807, 2.05) is 50.2 Å². The molecule has 1 aliphatic heterocycles. The normalized spacial score (nSPS) is 19.8. The van der Waals surface area contributed by atoms with Crippen molar-refractivity contribution in [3.05, 3.63) is 71.7 Å². The van der Waals surface area contributed by atoms with E-state index >= 15 is 0 Å². The van der Waals surface area contributed by atoms with E-state index in [0.717, 1.165) is 21.9 Å². The Morgan fingerprint density at radius 2 is 1.88 bits per heavy atom. The van der Waals surface area contributed by atoms with E-state index in [1.54, 1.807) is 12.3 Å². The number of nitrogens with zero attached hydrogens (tertiary/aromatic N) is 2. The Hall–Kier alpha value is -3.08. The molecule has 0 N–H and O–H groups in total. The molecule has 0 saturated carbocycles. The lowest BCUT2D eigenvalue weighted by Crippen LogP contribution is -2.41. The molecule has 126 valence electrons. The zero-order chi connectivity index (χ0) is 17.6. The number of aryl methyl sites for hydroxylation is 1. The molecular formula is C20H18N2O3. The Labute approximate surface area is 145 Å². The smallest absolute Gasteiger partial charge is 0.244 e. The maximum atomic E-state index is 12.2. The monoisotopic (exact) mass is 334 g/mol. The molecule has 0 saturated heterocycles. The van der Waals surface area contributed by atoms with Gasteiger partial charge in [0.05, 0.1) is 11.8 Å². The van der Waals surface area contributed by atoms with E-state index in [1.165, 1.54) is 11.9 Å². The molecule has 1 atom stereocenters. The van der Waals surface area contributed by atoms with Crippen LogP contribution in [0, 0.1) is 6.92 Å². The lowest BCUT2D eigenvalue weighted by atomic mass is 9.99. The van der Waals surface area contributed by atoms with Gasteiger partial charge in [0, 0.05) is 19.4 Å². The van der Waals surface area contributed by atoms with E-state index in [9.17, 15) is 4.79 Å². The van der Waals surface area contributed by atoms with Gasteiger partial charge in [0.15, 0.2) is 0 Å². The maximum Gasteiger partial charge on any atom is 0.244 e. The van der Waals surface area contributed by atoms with E-state index in [0.29, 0.717) is 11.7 Å². The van der Waals surface area contributed by atoms with Crippen molar-refractivity contribution < 1.29 is 13.9 Å². The predicted molar refractivity (Wildman–Crippen MR) is 94.9 cm³/mol. The number of hydrogen-bond donors (Lipinski definition) is 0. The lowest BCUT2D eigenvalue weighted by molar-refractivity contribution is -0.146. The number of amides is 1. The molecule has 1 unspecified atom stereocenters. The standard InChI is InChI=1S/C20H18N2O3/c1-13-18(10-11-24-13)19-21-22(14(2)23)20(3,25-19)17-9-8-15-6-4-5-7-16(15)12-17/h4-12H,1-3H3. The van der Waals surface area contributed by atoms with Crippen LogP contribution < -0.4 is 0 Å². The Balaban J connectivity index is 1.81. The van der Waals surface area contributed by atoms with Gasteiger partial charge in [-0.1, -0.05) is 36.4 Å². The third-order valence-corrected chi connectivity index (χ3v) is 4.56. The first-order valence-electron chi connectivity index (χ1n) is 8.11. The summed E-state index contributed by atoms with van der Waals surface area (Å²) in [7, 11) is 0. The van der Waals surface area contributed by atoms with Gasteiger partial charge in [-0.2, -0.15) is 5.01 Å². The maximum absolute atomic E-state index is 12.2. The third-order valence-electron chi connectivity index (χ3n) is 4.56. The van der Waals surface area contributed by atoms with Crippen LogP contribution in [0.25, 0.3) is 10.8 Å². The van der Waals surface area contributed by atoms with E-state index in [-0.39, 0.29) is 5.91 Å². The number of fused-ring (bicyclic) bond motifs is 1. The van der Waals surface area contributed by atoms with Gasteiger partial charge in [-0.15, -0.1) is 5.10 Å². The van der Waals surface area contributed by atoms with Crippen LogP contribution in [0.4, 0.5) is 0 Å². The summed E-state index contributed by atoms with van der Waals surface area (Å²) >= 11 is 0. The second kappa shape index (κ2) is 5.48. The molecule has 0 spiro atoms. The second-order valence-electron chi connectivity index (χ2n) is 6.27. The summed E-state index contributed by atoms with van der Waals surface area (Å²) < 4.78 is 11.5. The molecular weight excluding hydrogens is 316 g/mol. The van der Waals surface area contributed by atoms with Gasteiger partial charge in [-0.05, 0) is 29.8 Å². The van der Waals surface area contributed by atoms with Crippen molar-refractivity contribution in [1.29, 1.82) is 0 Å². The predicted octanol–water partition coefficient (Wildman–Crippen LogP) is 4.15. The highest BCUT2D eigenvalue weighted by atomic mass is 16.6. The highest BCUT2D eigenvalue weighted by molar-refractivity contribution is 5.97. The largest absolute Gasteiger partial charge is 0.469 e. The number of ether oxygens (including phenoxy) is 1. The quantitative estimate of drug-likeness (QED) is 0.707. The minimum Gasteiger partial charge on any atom is -0.469 e. The molecule has 25 heavy (non-hydrogen) atoms. The number of furan rings is 1. The molecule has 3 aromatic rings. The summed E-state index contributed by atoms with van der Waals surface area (Å²) in [5, 5.41) is 8.02. The molecule has 0 aliphatic carbocycles. The molecule has 4 rings (SSSR count). The van der Waals surface area contributed by atoms with E-state index < -0.39 is 5.72 Å². The molecule has 0 radical (unpaired) electrons. The molecule has 0 bridgehead atoms. The fourth-order valence-corrected chi connectivity index (χ4v) is 3.18. The van der Waals surface area contributed by atoms with Crippen molar-refractivity contribution in [2.24, 2.45) is 5.10 Å². The van der Waals surface area contributed by atoms with Crippen molar-refractivity contribution in [3.8, 4) is 0 Å². The van der Waals surface area contributed by atoms with Gasteiger partial charge in [-0.25, -0.2) is 0 Å². The first-order valence-corrected chi connectivity index (χ1v) is 8.11. The number of hydrazone groups is 1. The van der Waals surface area contributed by atoms with Crippen molar-refractivity contribution in [1.82, 2.24) is 5.01 Å². The second-order valence-corrected chi connectivity index (χ2v) is 6.27. The summed E-state index contributed by atoms with van der Waals surface area (Å²) in [6, 6.07) is 15.9. The van der Waals surface area contributed by atoms with Crippen molar-refractivity contribution in [2.75, 3.05) is 0 Å². The fourth-order valence-electron chi connectivity index (χ4n) is 3.18. The average molecular weight is 334 g/mol. The Kier molecular flexibility index (Phi) is 3.39. The SMILES string of the molecule is CC(=O)N1N=C(c2ccoc2C)OC1(C)c1ccc2ccccc2c1. The summed E-state index contributed by atoms with van der Waals surface area (Å²) in [6.45, 7) is 5.17. The molecule has 5 nitrogen and oxygen atoms in total. The molecule has 0 fully saturated rings. The first-order chi connectivity index (χ1) is 12.0.